The molecular weight excluding hydrogens is 395 g/mol. The Labute approximate surface area is 172 Å². The number of rotatable bonds is 8. The fourth-order valence-corrected chi connectivity index (χ4v) is 3.54. The number of hydrogen-bond donors (Lipinski definition) is 1. The van der Waals surface area contributed by atoms with E-state index >= 15 is 0 Å². The van der Waals surface area contributed by atoms with Crippen LogP contribution in [-0.4, -0.2) is 40.6 Å². The minimum atomic E-state index is -0.365. The van der Waals surface area contributed by atoms with Crippen molar-refractivity contribution in [2.24, 2.45) is 0 Å². The van der Waals surface area contributed by atoms with Gasteiger partial charge in [0.2, 0.25) is 5.91 Å². The summed E-state index contributed by atoms with van der Waals surface area (Å²) in [5, 5.41) is 11.6. The Hall–Kier alpha value is -3.07. The molecule has 0 radical (unpaired) electrons. The van der Waals surface area contributed by atoms with E-state index in [0.29, 0.717) is 40.3 Å². The number of nitrogens with one attached hydrogen (secondary N) is 1. The zero-order valence-corrected chi connectivity index (χ0v) is 17.1. The molecule has 1 N–H and O–H groups in total. The van der Waals surface area contributed by atoms with Gasteiger partial charge in [0.1, 0.15) is 17.3 Å². The van der Waals surface area contributed by atoms with Crippen LogP contribution in [0.15, 0.2) is 47.6 Å². The van der Waals surface area contributed by atoms with Gasteiger partial charge in [-0.25, -0.2) is 4.39 Å². The molecule has 2 aromatic carbocycles. The van der Waals surface area contributed by atoms with Crippen molar-refractivity contribution in [2.45, 2.75) is 18.6 Å². The lowest BCUT2D eigenvalue weighted by atomic mass is 10.2. The third-order valence-corrected chi connectivity index (χ3v) is 5.13. The lowest BCUT2D eigenvalue weighted by Crippen LogP contribution is -2.15. The van der Waals surface area contributed by atoms with E-state index < -0.39 is 0 Å². The molecule has 9 heteroatoms. The van der Waals surface area contributed by atoms with Gasteiger partial charge in [-0.2, -0.15) is 0 Å². The lowest BCUT2D eigenvalue weighted by Gasteiger charge is -2.11. The molecule has 1 heterocycles. The molecule has 0 saturated carbocycles. The van der Waals surface area contributed by atoms with Gasteiger partial charge < -0.3 is 19.4 Å². The monoisotopic (exact) mass is 416 g/mol. The van der Waals surface area contributed by atoms with Crippen molar-refractivity contribution in [3.8, 4) is 22.9 Å². The van der Waals surface area contributed by atoms with Crippen LogP contribution in [0.25, 0.3) is 11.4 Å². The number of hydrogen-bond acceptors (Lipinski definition) is 6. The molecule has 0 aliphatic carbocycles. The van der Waals surface area contributed by atoms with Gasteiger partial charge >= 0.3 is 0 Å². The zero-order valence-electron chi connectivity index (χ0n) is 16.3. The van der Waals surface area contributed by atoms with E-state index in [-0.39, 0.29) is 17.5 Å². The van der Waals surface area contributed by atoms with E-state index in [1.807, 2.05) is 6.92 Å². The third-order valence-electron chi connectivity index (χ3n) is 4.16. The van der Waals surface area contributed by atoms with E-state index in [2.05, 4.69) is 15.5 Å². The molecule has 29 heavy (non-hydrogen) atoms. The third kappa shape index (κ3) is 4.68. The summed E-state index contributed by atoms with van der Waals surface area (Å²) in [5.41, 5.74) is 0.920. The van der Waals surface area contributed by atoms with Gasteiger partial charge in [0, 0.05) is 12.6 Å². The Morgan fingerprint density at radius 2 is 1.97 bits per heavy atom. The van der Waals surface area contributed by atoms with E-state index in [1.54, 1.807) is 48.1 Å². The van der Waals surface area contributed by atoms with Crippen molar-refractivity contribution < 1.29 is 18.7 Å². The normalized spacial score (nSPS) is 10.6. The number of nitrogens with zero attached hydrogens (tertiary/aromatic N) is 3. The molecule has 0 atom stereocenters. The molecule has 0 aliphatic rings. The predicted octanol–water partition coefficient (Wildman–Crippen LogP) is 3.85. The average molecular weight is 416 g/mol. The molecule has 0 spiro atoms. The maximum atomic E-state index is 14.1. The fourth-order valence-electron chi connectivity index (χ4n) is 2.74. The van der Waals surface area contributed by atoms with Crippen molar-refractivity contribution in [1.82, 2.24) is 14.8 Å². The van der Waals surface area contributed by atoms with Gasteiger partial charge in [-0.1, -0.05) is 23.9 Å². The number of anilines is 1. The van der Waals surface area contributed by atoms with E-state index in [4.69, 9.17) is 9.47 Å². The van der Waals surface area contributed by atoms with Crippen molar-refractivity contribution in [2.75, 3.05) is 25.3 Å². The number of ether oxygens (including phenoxy) is 2. The number of methoxy groups -OCH3 is 2. The number of amides is 1. The molecule has 1 amide bonds. The first-order valence-corrected chi connectivity index (χ1v) is 9.88. The summed E-state index contributed by atoms with van der Waals surface area (Å²) in [6.45, 7) is 2.47. The zero-order chi connectivity index (χ0) is 20.8. The highest BCUT2D eigenvalue weighted by Gasteiger charge is 2.17. The van der Waals surface area contributed by atoms with Gasteiger partial charge in [0.15, 0.2) is 11.0 Å². The summed E-state index contributed by atoms with van der Waals surface area (Å²) in [5.74, 6) is 1.09. The minimum absolute atomic E-state index is 0.116. The maximum absolute atomic E-state index is 14.1. The fraction of sp³-hybridized carbons (Fsp3) is 0.250. The smallest absolute Gasteiger partial charge is 0.234 e. The Bertz CT molecular complexity index is 1010. The molecule has 0 saturated heterocycles. The topological polar surface area (TPSA) is 78.3 Å². The summed E-state index contributed by atoms with van der Waals surface area (Å²) >= 11 is 1.23. The standard InChI is InChI=1S/C20H21FN4O3S/c1-4-25-19(14-7-5-6-8-15(14)21)23-24-20(25)29-12-18(26)22-16-10-9-13(27-2)11-17(16)28-3/h5-11H,4,12H2,1-3H3,(H,22,26). The first kappa shape index (κ1) is 20.7. The van der Waals surface area contributed by atoms with E-state index in [1.165, 1.54) is 24.9 Å². The SMILES string of the molecule is CCn1c(SCC(=O)Nc2ccc(OC)cc2OC)nnc1-c1ccccc1F. The van der Waals surface area contributed by atoms with Crippen molar-refractivity contribution in [3.63, 3.8) is 0 Å². The van der Waals surface area contributed by atoms with Crippen LogP contribution in [-0.2, 0) is 11.3 Å². The van der Waals surface area contributed by atoms with Crippen LogP contribution in [0.5, 0.6) is 11.5 Å². The van der Waals surface area contributed by atoms with E-state index in [9.17, 15) is 9.18 Å². The molecule has 3 rings (SSSR count). The molecule has 7 nitrogen and oxygen atoms in total. The second kappa shape index (κ2) is 9.42. The van der Waals surface area contributed by atoms with Crippen LogP contribution in [0.3, 0.4) is 0 Å². The highest BCUT2D eigenvalue weighted by molar-refractivity contribution is 7.99. The summed E-state index contributed by atoms with van der Waals surface area (Å²) in [4.78, 5) is 12.4. The van der Waals surface area contributed by atoms with Crippen LogP contribution in [0.1, 0.15) is 6.92 Å². The summed E-state index contributed by atoms with van der Waals surface area (Å²) in [6, 6.07) is 11.5. The predicted molar refractivity (Wildman–Crippen MR) is 110 cm³/mol. The molecule has 152 valence electrons. The second-order valence-corrected chi connectivity index (χ2v) is 6.88. The quantitative estimate of drug-likeness (QED) is 0.562. The molecule has 1 aromatic heterocycles. The van der Waals surface area contributed by atoms with Crippen molar-refractivity contribution in [3.05, 3.63) is 48.3 Å². The minimum Gasteiger partial charge on any atom is -0.497 e. The Kier molecular flexibility index (Phi) is 6.71. The maximum Gasteiger partial charge on any atom is 0.234 e. The van der Waals surface area contributed by atoms with Gasteiger partial charge in [-0.15, -0.1) is 10.2 Å². The van der Waals surface area contributed by atoms with E-state index in [0.717, 1.165) is 0 Å². The largest absolute Gasteiger partial charge is 0.497 e. The molecular formula is C20H21FN4O3S. The molecule has 0 bridgehead atoms. The van der Waals surface area contributed by atoms with Crippen LogP contribution in [0.4, 0.5) is 10.1 Å². The lowest BCUT2D eigenvalue weighted by molar-refractivity contribution is -0.113. The molecule has 0 aliphatic heterocycles. The van der Waals surface area contributed by atoms with Crippen molar-refractivity contribution in [1.29, 1.82) is 0 Å². The Morgan fingerprint density at radius 1 is 1.17 bits per heavy atom. The highest BCUT2D eigenvalue weighted by atomic mass is 32.2. The second-order valence-electron chi connectivity index (χ2n) is 5.93. The van der Waals surface area contributed by atoms with Crippen LogP contribution < -0.4 is 14.8 Å². The number of aromatic nitrogens is 3. The number of thioether (sulfide) groups is 1. The van der Waals surface area contributed by atoms with Gasteiger partial charge in [-0.05, 0) is 31.2 Å². The average Bonchev–Trinajstić information content (AvgIpc) is 3.15. The molecule has 3 aromatic rings. The van der Waals surface area contributed by atoms with Gasteiger partial charge in [0.25, 0.3) is 0 Å². The van der Waals surface area contributed by atoms with Crippen LogP contribution in [0.2, 0.25) is 0 Å². The number of benzene rings is 2. The first-order valence-electron chi connectivity index (χ1n) is 8.90. The first-order chi connectivity index (χ1) is 14.1. The summed E-state index contributed by atoms with van der Waals surface area (Å²) in [6.07, 6.45) is 0. The van der Waals surface area contributed by atoms with Crippen molar-refractivity contribution >= 4 is 23.4 Å². The Morgan fingerprint density at radius 3 is 2.66 bits per heavy atom. The highest BCUT2D eigenvalue weighted by Crippen LogP contribution is 2.30. The summed E-state index contributed by atoms with van der Waals surface area (Å²) in [7, 11) is 3.08. The Balaban J connectivity index is 1.71. The van der Waals surface area contributed by atoms with Crippen LogP contribution in [0, 0.1) is 5.82 Å². The summed E-state index contributed by atoms with van der Waals surface area (Å²) < 4.78 is 26.3. The number of halogens is 1. The van der Waals surface area contributed by atoms with Crippen LogP contribution >= 0.6 is 11.8 Å². The van der Waals surface area contributed by atoms with Gasteiger partial charge in [0.05, 0.1) is 31.2 Å². The number of carbonyl (C=O) groups is 1. The van der Waals surface area contributed by atoms with Gasteiger partial charge in [-0.3, -0.25) is 4.79 Å². The molecule has 0 unspecified atom stereocenters. The molecule has 0 fully saturated rings. The number of carbonyl (C=O) groups excluding carboxylic acids is 1.